The van der Waals surface area contributed by atoms with Crippen LogP contribution in [-0.4, -0.2) is 31.0 Å². The smallest absolute Gasteiger partial charge is 0.243 e. The van der Waals surface area contributed by atoms with Crippen molar-refractivity contribution in [2.24, 2.45) is 0 Å². The summed E-state index contributed by atoms with van der Waals surface area (Å²) in [6.45, 7) is 2.90. The molecule has 1 aliphatic rings. The van der Waals surface area contributed by atoms with E-state index in [1.807, 2.05) is 19.1 Å². The Morgan fingerprint density at radius 3 is 2.41 bits per heavy atom. The lowest BCUT2D eigenvalue weighted by Crippen LogP contribution is -2.37. The normalized spacial score (nSPS) is 17.7. The molecule has 2 heterocycles. The third kappa shape index (κ3) is 2.86. The van der Waals surface area contributed by atoms with Crippen LogP contribution < -0.4 is 5.73 Å². The van der Waals surface area contributed by atoms with Crippen molar-refractivity contribution in [3.63, 3.8) is 0 Å². The molecule has 1 aromatic heterocycles. The van der Waals surface area contributed by atoms with Gasteiger partial charge in [0.2, 0.25) is 15.9 Å². The van der Waals surface area contributed by atoms with Crippen LogP contribution in [0.1, 0.15) is 30.0 Å². The van der Waals surface area contributed by atoms with Gasteiger partial charge in [-0.25, -0.2) is 8.42 Å². The SMILES string of the molecule is Cc1ccc(S(=O)(=O)N2CCC(c3cc(N)on3)CC2)cc1. The number of rotatable bonds is 3. The van der Waals surface area contributed by atoms with Gasteiger partial charge < -0.3 is 10.3 Å². The van der Waals surface area contributed by atoms with Crippen LogP contribution >= 0.6 is 0 Å². The third-order valence-electron chi connectivity index (χ3n) is 4.08. The van der Waals surface area contributed by atoms with E-state index in [0.29, 0.717) is 23.9 Å². The monoisotopic (exact) mass is 321 g/mol. The van der Waals surface area contributed by atoms with Gasteiger partial charge >= 0.3 is 0 Å². The number of piperidine rings is 1. The quantitative estimate of drug-likeness (QED) is 0.935. The highest BCUT2D eigenvalue weighted by atomic mass is 32.2. The molecule has 1 saturated heterocycles. The van der Waals surface area contributed by atoms with Gasteiger partial charge in [-0.05, 0) is 31.9 Å². The summed E-state index contributed by atoms with van der Waals surface area (Å²) in [4.78, 5) is 0.349. The Hall–Kier alpha value is -1.86. The Kier molecular flexibility index (Phi) is 3.92. The molecule has 0 bridgehead atoms. The van der Waals surface area contributed by atoms with Crippen LogP contribution in [0.4, 0.5) is 5.88 Å². The molecular weight excluding hydrogens is 302 g/mol. The Morgan fingerprint density at radius 1 is 1.23 bits per heavy atom. The number of nitrogens with two attached hydrogens (primary N) is 1. The summed E-state index contributed by atoms with van der Waals surface area (Å²) in [5, 5.41) is 3.93. The number of aromatic nitrogens is 1. The van der Waals surface area contributed by atoms with Crippen LogP contribution in [0.5, 0.6) is 0 Å². The molecule has 0 atom stereocenters. The van der Waals surface area contributed by atoms with Gasteiger partial charge in [-0.1, -0.05) is 22.9 Å². The van der Waals surface area contributed by atoms with Crippen LogP contribution in [0.25, 0.3) is 0 Å². The lowest BCUT2D eigenvalue weighted by Gasteiger charge is -2.30. The van der Waals surface area contributed by atoms with Crippen LogP contribution in [-0.2, 0) is 10.0 Å². The van der Waals surface area contributed by atoms with Crippen LogP contribution in [0.3, 0.4) is 0 Å². The number of nitrogens with zero attached hydrogens (tertiary/aromatic N) is 2. The maximum atomic E-state index is 12.6. The maximum absolute atomic E-state index is 12.6. The van der Waals surface area contributed by atoms with Gasteiger partial charge in [0.1, 0.15) is 0 Å². The van der Waals surface area contributed by atoms with Crippen molar-refractivity contribution >= 4 is 15.9 Å². The van der Waals surface area contributed by atoms with Gasteiger partial charge in [0, 0.05) is 25.1 Å². The van der Waals surface area contributed by atoms with E-state index >= 15 is 0 Å². The average Bonchev–Trinajstić information content (AvgIpc) is 2.94. The minimum atomic E-state index is -3.41. The average molecular weight is 321 g/mol. The summed E-state index contributed by atoms with van der Waals surface area (Å²) >= 11 is 0. The van der Waals surface area contributed by atoms with E-state index in [2.05, 4.69) is 5.16 Å². The molecular formula is C15H19N3O3S. The van der Waals surface area contributed by atoms with Crippen molar-refractivity contribution in [1.29, 1.82) is 0 Å². The van der Waals surface area contributed by atoms with Gasteiger partial charge in [-0.2, -0.15) is 4.31 Å². The van der Waals surface area contributed by atoms with Crippen LogP contribution in [0.2, 0.25) is 0 Å². The van der Waals surface area contributed by atoms with E-state index in [1.165, 1.54) is 4.31 Å². The van der Waals surface area contributed by atoms with Gasteiger partial charge in [0.05, 0.1) is 10.6 Å². The second-order valence-corrected chi connectivity index (χ2v) is 7.58. The number of hydrogen-bond acceptors (Lipinski definition) is 5. The van der Waals surface area contributed by atoms with E-state index in [4.69, 9.17) is 10.3 Å². The molecule has 6 nitrogen and oxygen atoms in total. The Morgan fingerprint density at radius 2 is 1.86 bits per heavy atom. The first kappa shape index (κ1) is 15.1. The fourth-order valence-corrected chi connectivity index (χ4v) is 4.22. The molecule has 0 spiro atoms. The molecule has 1 aliphatic heterocycles. The lowest BCUT2D eigenvalue weighted by atomic mass is 9.95. The van der Waals surface area contributed by atoms with Gasteiger partial charge in [-0.15, -0.1) is 0 Å². The predicted molar refractivity (Wildman–Crippen MR) is 82.8 cm³/mol. The second kappa shape index (κ2) is 5.73. The van der Waals surface area contributed by atoms with Crippen molar-refractivity contribution in [2.45, 2.75) is 30.6 Å². The Balaban J connectivity index is 1.71. The molecule has 3 rings (SSSR count). The zero-order valence-electron chi connectivity index (χ0n) is 12.4. The fourth-order valence-electron chi connectivity index (χ4n) is 2.75. The van der Waals surface area contributed by atoms with Gasteiger partial charge in [-0.3, -0.25) is 0 Å². The third-order valence-corrected chi connectivity index (χ3v) is 5.99. The van der Waals surface area contributed by atoms with Crippen LogP contribution in [0, 0.1) is 6.92 Å². The molecule has 0 unspecified atom stereocenters. The number of sulfonamides is 1. The minimum absolute atomic E-state index is 0.200. The molecule has 2 aromatic rings. The highest BCUT2D eigenvalue weighted by Crippen LogP contribution is 2.30. The molecule has 0 amide bonds. The highest BCUT2D eigenvalue weighted by Gasteiger charge is 2.30. The molecule has 0 aliphatic carbocycles. The van der Waals surface area contributed by atoms with Gasteiger partial charge in [0.25, 0.3) is 0 Å². The standard InChI is InChI=1S/C15H19N3O3S/c1-11-2-4-13(5-3-11)22(19,20)18-8-6-12(7-9-18)14-10-15(16)21-17-14/h2-5,10,12H,6-9,16H2,1H3. The predicted octanol–water partition coefficient (Wildman–Crippen LogP) is 2.13. The summed E-state index contributed by atoms with van der Waals surface area (Å²) in [7, 11) is -3.41. The lowest BCUT2D eigenvalue weighted by molar-refractivity contribution is 0.309. The molecule has 1 aromatic carbocycles. The molecule has 2 N–H and O–H groups in total. The van der Waals surface area contributed by atoms with Crippen molar-refractivity contribution in [1.82, 2.24) is 9.46 Å². The summed E-state index contributed by atoms with van der Waals surface area (Å²) in [6.07, 6.45) is 1.44. The Bertz CT molecular complexity index is 745. The fraction of sp³-hybridized carbons (Fsp3) is 0.400. The van der Waals surface area contributed by atoms with Crippen molar-refractivity contribution in [2.75, 3.05) is 18.8 Å². The topological polar surface area (TPSA) is 89.4 Å². The first-order valence-corrected chi connectivity index (χ1v) is 8.70. The number of benzene rings is 1. The zero-order valence-corrected chi connectivity index (χ0v) is 13.2. The summed E-state index contributed by atoms with van der Waals surface area (Å²) in [5.74, 6) is 0.496. The Labute approximate surface area is 129 Å². The second-order valence-electron chi connectivity index (χ2n) is 5.65. The number of nitrogen functional groups attached to an aromatic ring is 1. The number of hydrogen-bond donors (Lipinski definition) is 1. The number of anilines is 1. The maximum Gasteiger partial charge on any atom is 0.243 e. The van der Waals surface area contributed by atoms with Crippen molar-refractivity contribution < 1.29 is 12.9 Å². The first-order valence-electron chi connectivity index (χ1n) is 7.26. The molecule has 118 valence electrons. The largest absolute Gasteiger partial charge is 0.368 e. The van der Waals surface area contributed by atoms with E-state index in [9.17, 15) is 8.42 Å². The number of aryl methyl sites for hydroxylation is 1. The van der Waals surface area contributed by atoms with Crippen LogP contribution in [0.15, 0.2) is 39.8 Å². The molecule has 7 heteroatoms. The van der Waals surface area contributed by atoms with Gasteiger partial charge in [0.15, 0.2) is 0 Å². The van der Waals surface area contributed by atoms with E-state index in [1.54, 1.807) is 18.2 Å². The highest BCUT2D eigenvalue weighted by molar-refractivity contribution is 7.89. The van der Waals surface area contributed by atoms with E-state index in [-0.39, 0.29) is 5.92 Å². The summed E-state index contributed by atoms with van der Waals surface area (Å²) in [5.41, 5.74) is 7.39. The zero-order chi connectivity index (χ0) is 15.7. The van der Waals surface area contributed by atoms with E-state index < -0.39 is 10.0 Å². The molecule has 22 heavy (non-hydrogen) atoms. The molecule has 1 fully saturated rings. The first-order chi connectivity index (χ1) is 10.5. The summed E-state index contributed by atoms with van der Waals surface area (Å²) < 4.78 is 31.7. The molecule has 0 saturated carbocycles. The van der Waals surface area contributed by atoms with E-state index in [0.717, 1.165) is 24.1 Å². The minimum Gasteiger partial charge on any atom is -0.368 e. The summed E-state index contributed by atoms with van der Waals surface area (Å²) in [6, 6.07) is 8.68. The van der Waals surface area contributed by atoms with Crippen molar-refractivity contribution in [3.05, 3.63) is 41.6 Å². The van der Waals surface area contributed by atoms with Crippen molar-refractivity contribution in [3.8, 4) is 0 Å². The molecule has 0 radical (unpaired) electrons.